The molecule has 9 nitrogen and oxygen atoms in total. The second kappa shape index (κ2) is 40.3. The normalized spacial score (nSPS) is 20.7. The van der Waals surface area contributed by atoms with E-state index in [1.807, 2.05) is 0 Å². The van der Waals surface area contributed by atoms with E-state index in [9.17, 15) is 30.3 Å². The molecule has 7 unspecified atom stereocenters. The van der Waals surface area contributed by atoms with Gasteiger partial charge in [0, 0.05) is 6.42 Å². The molecular formula is C49H97NO8. The third-order valence-electron chi connectivity index (χ3n) is 12.5. The first-order chi connectivity index (χ1) is 28.3. The SMILES string of the molecule is CCCCCCCCCCCCCCCCCCCCCCCCCCCCCCCCCCC(O)C(COC1OC(CO)C(O)C(O)C1O)NC(=O)CCCCC. The van der Waals surface area contributed by atoms with Gasteiger partial charge in [-0.2, -0.15) is 0 Å². The van der Waals surface area contributed by atoms with Crippen LogP contribution in [0.5, 0.6) is 0 Å². The van der Waals surface area contributed by atoms with E-state index < -0.39 is 49.5 Å². The second-order valence-corrected chi connectivity index (χ2v) is 18.0. The van der Waals surface area contributed by atoms with Gasteiger partial charge < -0.3 is 40.3 Å². The Morgan fingerprint density at radius 2 is 0.862 bits per heavy atom. The van der Waals surface area contributed by atoms with E-state index in [-0.39, 0.29) is 12.5 Å². The summed E-state index contributed by atoms with van der Waals surface area (Å²) in [6.07, 6.45) is 39.6. The van der Waals surface area contributed by atoms with Crippen LogP contribution in [0, 0.1) is 0 Å². The van der Waals surface area contributed by atoms with Gasteiger partial charge in [-0.25, -0.2) is 0 Å². The molecule has 0 aromatic carbocycles. The molecule has 1 aliphatic heterocycles. The number of aliphatic hydroxyl groups is 5. The predicted octanol–water partition coefficient (Wildman–Crippen LogP) is 11.1. The Balaban J connectivity index is 1.96. The molecule has 0 bridgehead atoms. The first-order valence-corrected chi connectivity index (χ1v) is 25.2. The van der Waals surface area contributed by atoms with E-state index in [1.165, 1.54) is 186 Å². The molecule has 7 atom stereocenters. The third-order valence-corrected chi connectivity index (χ3v) is 12.5. The van der Waals surface area contributed by atoms with Crippen LogP contribution in [0.3, 0.4) is 0 Å². The van der Waals surface area contributed by atoms with E-state index in [4.69, 9.17) is 9.47 Å². The molecule has 1 rings (SSSR count). The maximum absolute atomic E-state index is 12.6. The topological polar surface area (TPSA) is 149 Å². The number of nitrogens with one attached hydrogen (secondary N) is 1. The number of carbonyl (C=O) groups excluding carboxylic acids is 1. The summed E-state index contributed by atoms with van der Waals surface area (Å²) in [5.41, 5.74) is 0. The smallest absolute Gasteiger partial charge is 0.220 e. The molecule has 0 aromatic rings. The highest BCUT2D eigenvalue weighted by molar-refractivity contribution is 5.76. The van der Waals surface area contributed by atoms with Crippen LogP contribution >= 0.6 is 0 Å². The lowest BCUT2D eigenvalue weighted by molar-refractivity contribution is -0.302. The Morgan fingerprint density at radius 1 is 0.517 bits per heavy atom. The second-order valence-electron chi connectivity index (χ2n) is 18.0. The minimum absolute atomic E-state index is 0.136. The van der Waals surface area contributed by atoms with Crippen molar-refractivity contribution in [3.05, 3.63) is 0 Å². The van der Waals surface area contributed by atoms with Crippen LogP contribution in [0.1, 0.15) is 251 Å². The highest BCUT2D eigenvalue weighted by Gasteiger charge is 2.44. The zero-order valence-electron chi connectivity index (χ0n) is 38.1. The van der Waals surface area contributed by atoms with Gasteiger partial charge in [-0.05, 0) is 12.8 Å². The van der Waals surface area contributed by atoms with Crippen molar-refractivity contribution in [3.63, 3.8) is 0 Å². The average molecular weight is 828 g/mol. The summed E-state index contributed by atoms with van der Waals surface area (Å²) in [6.45, 7) is 3.68. The highest BCUT2D eigenvalue weighted by atomic mass is 16.7. The van der Waals surface area contributed by atoms with Crippen LogP contribution in [0.4, 0.5) is 0 Å². The van der Waals surface area contributed by atoms with Gasteiger partial charge in [-0.3, -0.25) is 4.79 Å². The molecule has 1 fully saturated rings. The molecule has 6 N–H and O–H groups in total. The molecule has 1 saturated heterocycles. The number of hydrogen-bond acceptors (Lipinski definition) is 8. The summed E-state index contributed by atoms with van der Waals surface area (Å²) >= 11 is 0. The van der Waals surface area contributed by atoms with E-state index in [2.05, 4.69) is 19.2 Å². The lowest BCUT2D eigenvalue weighted by atomic mass is 9.99. The highest BCUT2D eigenvalue weighted by Crippen LogP contribution is 2.23. The number of unbranched alkanes of at least 4 members (excludes halogenated alkanes) is 33. The van der Waals surface area contributed by atoms with E-state index >= 15 is 0 Å². The predicted molar refractivity (Wildman–Crippen MR) is 240 cm³/mol. The van der Waals surface area contributed by atoms with E-state index in [0.717, 1.165) is 38.5 Å². The zero-order chi connectivity index (χ0) is 42.3. The van der Waals surface area contributed by atoms with E-state index in [1.54, 1.807) is 0 Å². The van der Waals surface area contributed by atoms with Crippen molar-refractivity contribution in [1.82, 2.24) is 5.32 Å². The Hall–Kier alpha value is -0.810. The molecule has 0 saturated carbocycles. The summed E-state index contributed by atoms with van der Waals surface area (Å²) in [7, 11) is 0. The molecule has 1 aliphatic rings. The van der Waals surface area contributed by atoms with Crippen molar-refractivity contribution in [2.45, 2.75) is 294 Å². The first-order valence-electron chi connectivity index (χ1n) is 25.2. The lowest BCUT2D eigenvalue weighted by Crippen LogP contribution is -2.60. The molecule has 1 amide bonds. The maximum Gasteiger partial charge on any atom is 0.220 e. The first kappa shape index (κ1) is 55.2. The molecule has 346 valence electrons. The number of hydrogen-bond donors (Lipinski definition) is 6. The van der Waals surface area contributed by atoms with Crippen LogP contribution in [-0.2, 0) is 14.3 Å². The maximum atomic E-state index is 12.6. The van der Waals surface area contributed by atoms with Gasteiger partial charge in [-0.1, -0.05) is 232 Å². The molecule has 9 heteroatoms. The van der Waals surface area contributed by atoms with Gasteiger partial charge in [0.05, 0.1) is 25.4 Å². The monoisotopic (exact) mass is 828 g/mol. The molecule has 58 heavy (non-hydrogen) atoms. The van der Waals surface area contributed by atoms with Crippen molar-refractivity contribution >= 4 is 5.91 Å². The Labute approximate surface area is 357 Å². The lowest BCUT2D eigenvalue weighted by Gasteiger charge is -2.40. The third kappa shape index (κ3) is 30.3. The summed E-state index contributed by atoms with van der Waals surface area (Å²) in [6, 6.07) is -0.708. The van der Waals surface area contributed by atoms with Crippen molar-refractivity contribution in [2.75, 3.05) is 13.2 Å². The zero-order valence-corrected chi connectivity index (χ0v) is 38.1. The van der Waals surface area contributed by atoms with Crippen LogP contribution < -0.4 is 5.32 Å². The molecule has 0 spiro atoms. The minimum Gasteiger partial charge on any atom is -0.394 e. The van der Waals surface area contributed by atoms with Crippen LogP contribution in [0.2, 0.25) is 0 Å². The summed E-state index contributed by atoms with van der Waals surface area (Å²) in [4.78, 5) is 12.6. The fourth-order valence-electron chi connectivity index (χ4n) is 8.40. The number of ether oxygens (including phenoxy) is 2. The fourth-order valence-corrected chi connectivity index (χ4v) is 8.40. The van der Waals surface area contributed by atoms with Gasteiger partial charge >= 0.3 is 0 Å². The van der Waals surface area contributed by atoms with Gasteiger partial charge in [0.15, 0.2) is 6.29 Å². The number of rotatable bonds is 43. The van der Waals surface area contributed by atoms with E-state index in [0.29, 0.717) is 12.8 Å². The summed E-state index contributed by atoms with van der Waals surface area (Å²) in [5, 5.41) is 53.8. The van der Waals surface area contributed by atoms with Crippen LogP contribution in [-0.4, -0.2) is 87.5 Å². The quantitative estimate of drug-likeness (QED) is 0.0333. The van der Waals surface area contributed by atoms with Crippen LogP contribution in [0.15, 0.2) is 0 Å². The number of aliphatic hydroxyl groups excluding tert-OH is 5. The number of amides is 1. The average Bonchev–Trinajstić information content (AvgIpc) is 3.22. The van der Waals surface area contributed by atoms with Gasteiger partial charge in [0.1, 0.15) is 24.4 Å². The van der Waals surface area contributed by atoms with Crippen molar-refractivity contribution in [3.8, 4) is 0 Å². The van der Waals surface area contributed by atoms with Gasteiger partial charge in [-0.15, -0.1) is 0 Å². The van der Waals surface area contributed by atoms with Gasteiger partial charge in [0.25, 0.3) is 0 Å². The van der Waals surface area contributed by atoms with Crippen molar-refractivity contribution in [2.24, 2.45) is 0 Å². The van der Waals surface area contributed by atoms with Crippen LogP contribution in [0.25, 0.3) is 0 Å². The molecular weight excluding hydrogens is 731 g/mol. The molecule has 0 radical (unpaired) electrons. The van der Waals surface area contributed by atoms with Gasteiger partial charge in [0.2, 0.25) is 5.91 Å². The molecule has 0 aliphatic carbocycles. The number of carbonyl (C=O) groups is 1. The minimum atomic E-state index is -1.55. The summed E-state index contributed by atoms with van der Waals surface area (Å²) in [5.74, 6) is -0.166. The van der Waals surface area contributed by atoms with Crippen molar-refractivity contribution in [1.29, 1.82) is 0 Å². The molecule has 0 aromatic heterocycles. The van der Waals surface area contributed by atoms with Crippen molar-refractivity contribution < 1.29 is 39.8 Å². The fraction of sp³-hybridized carbons (Fsp3) is 0.980. The standard InChI is InChI=1S/C49H97NO8/c1-3-5-7-8-9-10-11-12-13-14-15-16-17-18-19-20-21-22-23-24-25-26-27-28-29-30-31-32-33-34-35-37-38-43(52)42(50-45(53)39-36-6-4-2)41-57-49-48(56)47(55)46(54)44(40-51)58-49/h42-44,46-49,51-52,54-56H,3-41H2,1-2H3,(H,50,53). The summed E-state index contributed by atoms with van der Waals surface area (Å²) < 4.78 is 11.1. The Morgan fingerprint density at radius 3 is 1.22 bits per heavy atom. The largest absolute Gasteiger partial charge is 0.394 e. The Kier molecular flexibility index (Phi) is 38.3. The molecule has 1 heterocycles. The Bertz CT molecular complexity index is 878.